The van der Waals surface area contributed by atoms with Crippen molar-refractivity contribution >= 4 is 46.2 Å². The number of nitrogens with one attached hydrogen (secondary N) is 1. The number of oxazole rings is 1. The molecule has 0 bridgehead atoms. The van der Waals surface area contributed by atoms with E-state index in [9.17, 15) is 9.90 Å². The molecule has 0 radical (unpaired) electrons. The van der Waals surface area contributed by atoms with Gasteiger partial charge in [0.2, 0.25) is 0 Å². The van der Waals surface area contributed by atoms with Crippen LogP contribution < -0.4 is 5.32 Å². The Morgan fingerprint density at radius 1 is 0.918 bits per heavy atom. The molecule has 2 N–H and O–H groups in total. The number of aromatic nitrogens is 1. The van der Waals surface area contributed by atoms with E-state index < -0.39 is 0 Å². The van der Waals surface area contributed by atoms with Gasteiger partial charge in [-0.1, -0.05) is 97.5 Å². The summed E-state index contributed by atoms with van der Waals surface area (Å²) < 4.78 is 6.22. The fourth-order valence-electron chi connectivity index (χ4n) is 6.56. The molecule has 272 valence electrons. The summed E-state index contributed by atoms with van der Waals surface area (Å²) >= 11 is 8.17. The lowest BCUT2D eigenvalue weighted by Gasteiger charge is -2.36. The summed E-state index contributed by atoms with van der Waals surface area (Å²) in [6.07, 6.45) is 5.79. The van der Waals surface area contributed by atoms with Crippen molar-refractivity contribution in [3.63, 3.8) is 0 Å². The van der Waals surface area contributed by atoms with Crippen molar-refractivity contribution < 1.29 is 14.3 Å². The van der Waals surface area contributed by atoms with Crippen molar-refractivity contribution in [3.05, 3.63) is 45.5 Å². The summed E-state index contributed by atoms with van der Waals surface area (Å²) in [7, 11) is 0. The van der Waals surface area contributed by atoms with E-state index in [0.717, 1.165) is 108 Å². The number of aryl methyl sites for hydroxylation is 1. The highest BCUT2D eigenvalue weighted by Gasteiger charge is 2.23. The third-order valence-electron chi connectivity index (χ3n) is 9.75. The van der Waals surface area contributed by atoms with E-state index in [1.54, 1.807) is 23.9 Å². The number of unbranched alkanes of at least 4 members (excludes halogenated alkanes) is 4. The first-order valence-corrected chi connectivity index (χ1v) is 19.9. The highest BCUT2D eigenvalue weighted by molar-refractivity contribution is 7.99. The molecule has 2 amide bonds. The predicted molar refractivity (Wildman–Crippen MR) is 207 cm³/mol. The van der Waals surface area contributed by atoms with Crippen LogP contribution in [0.15, 0.2) is 27.8 Å². The maximum atomic E-state index is 13.9. The highest BCUT2D eigenvalue weighted by atomic mass is 35.5. The van der Waals surface area contributed by atoms with Crippen LogP contribution in [-0.4, -0.2) is 88.9 Å². The number of rotatable bonds is 17. The quantitative estimate of drug-likeness (QED) is 0.0818. The second-order valence-corrected chi connectivity index (χ2v) is 16.0. The molecule has 1 aliphatic heterocycles. The van der Waals surface area contributed by atoms with Gasteiger partial charge in [-0.15, -0.1) is 0 Å². The van der Waals surface area contributed by atoms with Crippen molar-refractivity contribution in [2.75, 3.05) is 63.4 Å². The van der Waals surface area contributed by atoms with Gasteiger partial charge in [-0.3, -0.25) is 9.80 Å². The number of hydrogen-bond acceptors (Lipinski definition) is 7. The number of halogens is 1. The molecule has 2 heterocycles. The van der Waals surface area contributed by atoms with Crippen molar-refractivity contribution in [2.45, 2.75) is 110 Å². The SMILES string of the molecule is CCCCCCCN(CCN1CCN(CCSc2nc3c(C)c(Cl)cc(C(C)C)c3o2)CC1)C(=O)Nc1c(C(C)C)cc(O)cc1C(C)C. The van der Waals surface area contributed by atoms with Gasteiger partial charge in [0.1, 0.15) is 11.3 Å². The minimum absolute atomic E-state index is 0.0437. The maximum Gasteiger partial charge on any atom is 0.321 e. The zero-order valence-electron chi connectivity index (χ0n) is 31.2. The van der Waals surface area contributed by atoms with Crippen LogP contribution in [0.5, 0.6) is 5.75 Å². The molecular weight excluding hydrogens is 654 g/mol. The normalized spacial score (nSPS) is 14.5. The van der Waals surface area contributed by atoms with Crippen molar-refractivity contribution in [1.29, 1.82) is 0 Å². The molecule has 1 aromatic heterocycles. The molecule has 1 fully saturated rings. The number of phenolic OH excluding ortho intramolecular Hbond substituents is 1. The number of carbonyl (C=O) groups is 1. The van der Waals surface area contributed by atoms with E-state index in [4.69, 9.17) is 21.0 Å². The molecule has 1 saturated heterocycles. The summed E-state index contributed by atoms with van der Waals surface area (Å²) in [4.78, 5) is 25.7. The lowest BCUT2D eigenvalue weighted by Crippen LogP contribution is -2.49. The predicted octanol–water partition coefficient (Wildman–Crippen LogP) is 10.1. The highest BCUT2D eigenvalue weighted by Crippen LogP contribution is 2.37. The number of phenols is 1. The van der Waals surface area contributed by atoms with Gasteiger partial charge in [-0.05, 0) is 66.0 Å². The average Bonchev–Trinajstić information content (AvgIpc) is 3.49. The molecule has 4 rings (SSSR count). The number of anilines is 1. The van der Waals surface area contributed by atoms with E-state index in [-0.39, 0.29) is 23.6 Å². The summed E-state index contributed by atoms with van der Waals surface area (Å²) in [6, 6.07) is 5.57. The number of nitrogens with zero attached hydrogens (tertiary/aromatic N) is 4. The molecule has 10 heteroatoms. The van der Waals surface area contributed by atoms with E-state index >= 15 is 0 Å². The number of amides is 2. The largest absolute Gasteiger partial charge is 0.508 e. The van der Waals surface area contributed by atoms with E-state index in [0.29, 0.717) is 17.7 Å². The van der Waals surface area contributed by atoms with E-state index in [1.165, 1.54) is 19.3 Å². The summed E-state index contributed by atoms with van der Waals surface area (Å²) in [5.41, 5.74) is 6.62. The summed E-state index contributed by atoms with van der Waals surface area (Å²) in [5, 5.41) is 15.2. The number of urea groups is 1. The monoisotopic (exact) mass is 713 g/mol. The second kappa shape index (κ2) is 18.7. The smallest absolute Gasteiger partial charge is 0.321 e. The minimum Gasteiger partial charge on any atom is -0.508 e. The molecule has 0 atom stereocenters. The number of aromatic hydroxyl groups is 1. The number of hydrogen-bond donors (Lipinski definition) is 2. The molecule has 2 aromatic carbocycles. The molecule has 1 aliphatic rings. The second-order valence-electron chi connectivity index (χ2n) is 14.6. The van der Waals surface area contributed by atoms with Crippen molar-refractivity contribution in [2.24, 2.45) is 0 Å². The Morgan fingerprint density at radius 3 is 2.10 bits per heavy atom. The fourth-order valence-corrected chi connectivity index (χ4v) is 7.59. The number of benzene rings is 2. The van der Waals surface area contributed by atoms with Gasteiger partial charge in [0.05, 0.1) is 0 Å². The van der Waals surface area contributed by atoms with Crippen LogP contribution in [0.1, 0.15) is 121 Å². The lowest BCUT2D eigenvalue weighted by atomic mass is 9.92. The Labute approximate surface area is 304 Å². The Balaban J connectivity index is 1.31. The Hall–Kier alpha value is -2.46. The molecule has 0 unspecified atom stereocenters. The fraction of sp³-hybridized carbons (Fsp3) is 0.641. The van der Waals surface area contributed by atoms with E-state index in [1.807, 2.05) is 17.9 Å². The molecule has 0 aliphatic carbocycles. The Morgan fingerprint density at radius 2 is 1.51 bits per heavy atom. The van der Waals surface area contributed by atoms with Crippen molar-refractivity contribution in [1.82, 2.24) is 19.7 Å². The van der Waals surface area contributed by atoms with Crippen LogP contribution in [0, 0.1) is 6.92 Å². The number of carbonyl (C=O) groups excluding carboxylic acids is 1. The molecule has 49 heavy (non-hydrogen) atoms. The molecular formula is C39H60ClN5O3S. The number of fused-ring (bicyclic) bond motifs is 1. The van der Waals surface area contributed by atoms with Crippen LogP contribution in [0.25, 0.3) is 11.1 Å². The lowest BCUT2D eigenvalue weighted by molar-refractivity contribution is 0.127. The van der Waals surface area contributed by atoms with Gasteiger partial charge in [-0.25, -0.2) is 9.78 Å². The standard InChI is InChI=1S/C39H60ClN5O3S/c1-9-10-11-12-13-14-45(38(47)41-36-31(26(2)3)23-30(46)24-32(36)27(4)5)20-19-43-15-17-44(18-16-43)21-22-49-39-42-35-29(8)34(40)25-33(28(6)7)37(35)48-39/h23-28,46H,9-22H2,1-8H3,(H,41,47). The first kappa shape index (κ1) is 39.3. The molecule has 3 aromatic rings. The van der Waals surface area contributed by atoms with Gasteiger partial charge in [0.25, 0.3) is 5.22 Å². The first-order chi connectivity index (χ1) is 23.4. The summed E-state index contributed by atoms with van der Waals surface area (Å²) in [6.45, 7) is 24.2. The average molecular weight is 714 g/mol. The van der Waals surface area contributed by atoms with Crippen LogP contribution >= 0.6 is 23.4 Å². The topological polar surface area (TPSA) is 85.1 Å². The molecule has 0 saturated carbocycles. The van der Waals surface area contributed by atoms with Gasteiger partial charge in [0.15, 0.2) is 5.58 Å². The van der Waals surface area contributed by atoms with Crippen molar-refractivity contribution in [3.8, 4) is 5.75 Å². The molecule has 8 nitrogen and oxygen atoms in total. The van der Waals surface area contributed by atoms with Gasteiger partial charge >= 0.3 is 6.03 Å². The van der Waals surface area contributed by atoms with Crippen LogP contribution in [0.2, 0.25) is 5.02 Å². The van der Waals surface area contributed by atoms with Crippen LogP contribution in [0.3, 0.4) is 0 Å². The number of thioether (sulfide) groups is 1. The van der Waals surface area contributed by atoms with Crippen LogP contribution in [-0.2, 0) is 0 Å². The third-order valence-corrected chi connectivity index (χ3v) is 11.0. The maximum absolute atomic E-state index is 13.9. The Bertz CT molecular complexity index is 1490. The first-order valence-electron chi connectivity index (χ1n) is 18.5. The van der Waals surface area contributed by atoms with E-state index in [2.05, 4.69) is 63.6 Å². The summed E-state index contributed by atoms with van der Waals surface area (Å²) in [5.74, 6) is 1.82. The van der Waals surface area contributed by atoms with Gasteiger partial charge in [-0.2, -0.15) is 0 Å². The third kappa shape index (κ3) is 10.8. The van der Waals surface area contributed by atoms with Crippen LogP contribution in [0.4, 0.5) is 10.5 Å². The van der Waals surface area contributed by atoms with Gasteiger partial charge in [0, 0.05) is 74.4 Å². The molecule has 0 spiro atoms. The number of piperazine rings is 1. The zero-order chi connectivity index (χ0) is 35.7. The Kier molecular flexibility index (Phi) is 15.0. The van der Waals surface area contributed by atoms with Gasteiger partial charge < -0.3 is 19.7 Å². The zero-order valence-corrected chi connectivity index (χ0v) is 32.8. The minimum atomic E-state index is -0.0437.